The Balaban J connectivity index is 1.69. The van der Waals surface area contributed by atoms with Gasteiger partial charge >= 0.3 is 5.97 Å². The van der Waals surface area contributed by atoms with Crippen LogP contribution in [-0.4, -0.2) is 42.3 Å². The number of rotatable bonds is 11. The SMILES string of the molecule is COc1ccc(COC(=O)C23CC(C=C2C(C)C)CC3(C=O)C2CC(O)C(C)C2CCCCO)cc1. The van der Waals surface area contributed by atoms with Crippen LogP contribution in [0.15, 0.2) is 35.9 Å². The number of allylic oxidation sites excluding steroid dienone is 1. The molecule has 7 atom stereocenters. The fourth-order valence-corrected chi connectivity index (χ4v) is 7.79. The van der Waals surface area contributed by atoms with Crippen molar-refractivity contribution in [2.45, 2.75) is 72.0 Å². The number of aliphatic hydroxyl groups excluding tert-OH is 2. The number of hydrogen-bond acceptors (Lipinski definition) is 6. The van der Waals surface area contributed by atoms with Crippen molar-refractivity contribution >= 4 is 12.3 Å². The molecule has 0 aliphatic heterocycles. The van der Waals surface area contributed by atoms with E-state index in [1.807, 2.05) is 24.3 Å². The fraction of sp³-hybridized carbons (Fsp3) is 0.667. The largest absolute Gasteiger partial charge is 0.497 e. The van der Waals surface area contributed by atoms with Gasteiger partial charge in [0.25, 0.3) is 0 Å². The average molecular weight is 499 g/mol. The number of hydrogen-bond donors (Lipinski definition) is 2. The monoisotopic (exact) mass is 498 g/mol. The quantitative estimate of drug-likeness (QED) is 0.199. The topological polar surface area (TPSA) is 93.1 Å². The molecule has 2 bridgehead atoms. The molecular formula is C30H42O6. The second-order valence-electron chi connectivity index (χ2n) is 11.6. The summed E-state index contributed by atoms with van der Waals surface area (Å²) in [5.41, 5.74) is 0.00271. The van der Waals surface area contributed by atoms with Gasteiger partial charge in [-0.1, -0.05) is 51.0 Å². The zero-order valence-corrected chi connectivity index (χ0v) is 22.1. The summed E-state index contributed by atoms with van der Waals surface area (Å²) in [6, 6.07) is 7.45. The normalized spacial score (nSPS) is 35.2. The summed E-state index contributed by atoms with van der Waals surface area (Å²) in [5.74, 6) is 0.767. The van der Waals surface area contributed by atoms with Crippen molar-refractivity contribution in [2.24, 2.45) is 40.4 Å². The molecule has 3 aliphatic carbocycles. The van der Waals surface area contributed by atoms with Crippen molar-refractivity contribution in [2.75, 3.05) is 13.7 Å². The van der Waals surface area contributed by atoms with Gasteiger partial charge in [-0.25, -0.2) is 0 Å². The molecule has 0 heterocycles. The van der Waals surface area contributed by atoms with Crippen LogP contribution in [0.1, 0.15) is 64.9 Å². The number of aliphatic hydroxyl groups is 2. The van der Waals surface area contributed by atoms with Gasteiger partial charge in [-0.2, -0.15) is 0 Å². The highest BCUT2D eigenvalue weighted by molar-refractivity contribution is 5.89. The summed E-state index contributed by atoms with van der Waals surface area (Å²) in [5, 5.41) is 20.3. The minimum atomic E-state index is -0.996. The number of unbranched alkanes of at least 4 members (excludes halogenated alkanes) is 1. The number of carbonyl (C=O) groups is 2. The maximum absolute atomic E-state index is 14.2. The van der Waals surface area contributed by atoms with Crippen molar-refractivity contribution in [3.63, 3.8) is 0 Å². The summed E-state index contributed by atoms with van der Waals surface area (Å²) in [4.78, 5) is 27.4. The smallest absolute Gasteiger partial charge is 0.317 e. The van der Waals surface area contributed by atoms with Gasteiger partial charge in [-0.15, -0.1) is 0 Å². The summed E-state index contributed by atoms with van der Waals surface area (Å²) in [7, 11) is 1.61. The molecule has 2 fully saturated rings. The van der Waals surface area contributed by atoms with Crippen molar-refractivity contribution < 1.29 is 29.3 Å². The molecule has 3 aliphatic rings. The maximum atomic E-state index is 14.2. The number of ether oxygens (including phenoxy) is 2. The van der Waals surface area contributed by atoms with Crippen LogP contribution in [-0.2, 0) is 20.9 Å². The summed E-state index contributed by atoms with van der Waals surface area (Å²) in [6.07, 6.45) is 6.92. The van der Waals surface area contributed by atoms with Crippen LogP contribution in [0.5, 0.6) is 5.75 Å². The van der Waals surface area contributed by atoms with Gasteiger partial charge in [0, 0.05) is 12.0 Å². The van der Waals surface area contributed by atoms with E-state index in [4.69, 9.17) is 9.47 Å². The molecule has 0 aromatic heterocycles. The second kappa shape index (κ2) is 10.7. The molecule has 4 rings (SSSR count). The van der Waals surface area contributed by atoms with E-state index in [9.17, 15) is 19.8 Å². The first-order chi connectivity index (χ1) is 17.2. The minimum Gasteiger partial charge on any atom is -0.497 e. The van der Waals surface area contributed by atoms with E-state index in [-0.39, 0.29) is 48.8 Å². The third-order valence-electron chi connectivity index (χ3n) is 9.48. The average Bonchev–Trinajstić information content (AvgIpc) is 3.52. The van der Waals surface area contributed by atoms with Crippen LogP contribution >= 0.6 is 0 Å². The molecule has 7 unspecified atom stereocenters. The highest BCUT2D eigenvalue weighted by Gasteiger charge is 2.72. The van der Waals surface area contributed by atoms with E-state index in [0.717, 1.165) is 36.0 Å². The highest BCUT2D eigenvalue weighted by Crippen LogP contribution is 2.71. The predicted molar refractivity (Wildman–Crippen MR) is 137 cm³/mol. The number of esters is 1. The van der Waals surface area contributed by atoms with Gasteiger partial charge in [0.1, 0.15) is 24.1 Å². The number of aldehydes is 1. The molecule has 0 amide bonds. The molecule has 0 spiro atoms. The molecular weight excluding hydrogens is 456 g/mol. The molecule has 0 radical (unpaired) electrons. The van der Waals surface area contributed by atoms with E-state index >= 15 is 0 Å². The number of fused-ring (bicyclic) bond motifs is 2. The van der Waals surface area contributed by atoms with Crippen molar-refractivity contribution in [1.82, 2.24) is 0 Å². The first kappa shape index (κ1) is 26.9. The van der Waals surface area contributed by atoms with Crippen molar-refractivity contribution in [1.29, 1.82) is 0 Å². The Morgan fingerprint density at radius 3 is 2.53 bits per heavy atom. The van der Waals surface area contributed by atoms with Gasteiger partial charge in [0.05, 0.1) is 13.2 Å². The van der Waals surface area contributed by atoms with Gasteiger partial charge < -0.3 is 24.5 Å². The van der Waals surface area contributed by atoms with E-state index < -0.39 is 16.9 Å². The fourth-order valence-electron chi connectivity index (χ4n) is 7.79. The van der Waals surface area contributed by atoms with E-state index in [2.05, 4.69) is 26.8 Å². The van der Waals surface area contributed by atoms with Gasteiger partial charge in [0.2, 0.25) is 0 Å². The Labute approximate surface area is 215 Å². The first-order valence-electron chi connectivity index (χ1n) is 13.5. The molecule has 2 N–H and O–H groups in total. The van der Waals surface area contributed by atoms with Gasteiger partial charge in [-0.05, 0) is 79.4 Å². The molecule has 6 heteroatoms. The lowest BCUT2D eigenvalue weighted by atomic mass is 9.52. The van der Waals surface area contributed by atoms with Crippen LogP contribution in [0.2, 0.25) is 0 Å². The zero-order chi connectivity index (χ0) is 26.1. The summed E-state index contributed by atoms with van der Waals surface area (Å²) >= 11 is 0. The third-order valence-corrected chi connectivity index (χ3v) is 9.48. The number of benzene rings is 1. The van der Waals surface area contributed by atoms with Crippen LogP contribution in [0, 0.1) is 40.4 Å². The Bertz CT molecular complexity index is 968. The Kier molecular flexibility index (Phi) is 7.96. The Hall–Kier alpha value is -2.18. The van der Waals surface area contributed by atoms with E-state index in [1.165, 1.54) is 0 Å². The first-order valence-corrected chi connectivity index (χ1v) is 13.5. The summed E-state index contributed by atoms with van der Waals surface area (Å²) < 4.78 is 11.2. The molecule has 6 nitrogen and oxygen atoms in total. The number of carbonyl (C=O) groups excluding carboxylic acids is 2. The minimum absolute atomic E-state index is 0.0449. The molecule has 2 saturated carbocycles. The van der Waals surface area contributed by atoms with Gasteiger partial charge in [0.15, 0.2) is 0 Å². The zero-order valence-electron chi connectivity index (χ0n) is 22.1. The lowest BCUT2D eigenvalue weighted by Gasteiger charge is -2.49. The third kappa shape index (κ3) is 4.30. The molecule has 1 aromatic rings. The van der Waals surface area contributed by atoms with Crippen molar-refractivity contribution in [3.8, 4) is 5.75 Å². The molecule has 0 saturated heterocycles. The number of methoxy groups -OCH3 is 1. The van der Waals surface area contributed by atoms with Gasteiger partial charge in [-0.3, -0.25) is 4.79 Å². The molecule has 198 valence electrons. The van der Waals surface area contributed by atoms with E-state index in [1.54, 1.807) is 7.11 Å². The van der Waals surface area contributed by atoms with Crippen molar-refractivity contribution in [3.05, 3.63) is 41.5 Å². The second-order valence-corrected chi connectivity index (χ2v) is 11.6. The molecule has 1 aromatic carbocycles. The summed E-state index contributed by atoms with van der Waals surface area (Å²) in [6.45, 7) is 6.51. The van der Waals surface area contributed by atoms with Crippen LogP contribution in [0.25, 0.3) is 0 Å². The maximum Gasteiger partial charge on any atom is 0.317 e. The Morgan fingerprint density at radius 2 is 1.92 bits per heavy atom. The molecule has 36 heavy (non-hydrogen) atoms. The van der Waals surface area contributed by atoms with E-state index in [0.29, 0.717) is 25.7 Å². The Morgan fingerprint density at radius 1 is 1.19 bits per heavy atom. The van der Waals surface area contributed by atoms with Crippen LogP contribution in [0.3, 0.4) is 0 Å². The van der Waals surface area contributed by atoms with Crippen LogP contribution < -0.4 is 4.74 Å². The highest BCUT2D eigenvalue weighted by atomic mass is 16.5. The lowest BCUT2D eigenvalue weighted by molar-refractivity contribution is -0.167. The standard InChI is InChI=1S/C30H42O6/c1-19(2)25-13-22-15-29(18-32,26-14-27(33)20(3)24(26)7-5-6-12-31)30(25,16-22)28(34)36-17-21-8-10-23(35-4)11-9-21/h8-11,13,18-20,22,24,26-27,31,33H,5-7,12,14-17H2,1-4H3. The lowest BCUT2D eigenvalue weighted by Crippen LogP contribution is -2.53. The predicted octanol–water partition coefficient (Wildman–Crippen LogP) is 4.71. The van der Waals surface area contributed by atoms with Crippen LogP contribution in [0.4, 0.5) is 0 Å².